The Hall–Kier alpha value is -10.2. The van der Waals surface area contributed by atoms with Crippen molar-refractivity contribution in [1.29, 1.82) is 0 Å². The number of para-hydroxylation sites is 1. The molecule has 0 aliphatic carbocycles. The molecule has 0 spiro atoms. The van der Waals surface area contributed by atoms with Crippen LogP contribution in [0.25, 0.3) is 10.9 Å². The SMILES string of the molecule is CC[C@H](C)[C@H](NC(=O)[C@H](CCCCN)NC(=O)[C@H](CCCCN)NC(=O)[C@H](Cc1ccccc1)NC(=O)[C@H](CC(C)C)NC(=O)[C@H](CCCCN)NC(=O)[C@H](Cc1c[nH]c2ccccc12)NC(=O)[C@@H](N)CCCC[N+](C)(C)C)C(=O)NCC(=O)N[C@@H](C)C(=O)N[C@H](C(=O)N[C@@H](CC(C)C)C(=O)N[C@@H](CCCCN)C(=O)N[C@H](C(=O)N[C@@H](CC(C)C)C(N)=O)C(C)C)C(C)C. The number of aromatic nitrogens is 1. The molecule has 129 heavy (non-hydrogen) atoms. The number of amides is 15. The second-order valence-electron chi connectivity index (χ2n) is 37.2. The van der Waals surface area contributed by atoms with E-state index in [4.69, 9.17) is 34.4 Å². The minimum absolute atomic E-state index is 0.00530. The number of H-pyrrole nitrogens is 1. The summed E-state index contributed by atoms with van der Waals surface area (Å²) < 4.78 is 0.739. The standard InChI is InChI=1S/C92H158N22O15/c1-17-59(12)78(90(127)100-53-75(115)101-60(13)80(117)111-76(57(8)9)92(129)110-72(49-56(6)7)86(123)105-68(40-25-30-44-95)84(121)112-77(58(10)11)91(128)106-70(79(98)116)47-54(2)3)113-85(122)69(41-26-31-45-96)102-82(119)66(38-23-28-42-93)103-88(125)73(50-61-33-19-18-20-34-61)109-87(124)71(48-55(4)5)108-83(120)67(39-24-29-43-94)104-89(126)74(51-62-52-99-65-37-22-21-35-63(62)65)107-81(118)64(97)36-27-32-46-114(14,15)16/h18-22,33-35,37,52,54-60,64,66-74,76-78,99H,17,23-32,36,38-51,53,93-97H2,1-16H3,(H15-,98,100,101,102,103,104,105,106,107,108,109,110,111,112,113,115,116,117,118,119,120,121,122,123,124,125,126,127,128,129)/p+1/t59-,60-,64-,66-,67-,68-,69-,70-,71-,72-,73-,74-,76-,77-,78-/m0/s1. The van der Waals surface area contributed by atoms with Crippen LogP contribution in [0.3, 0.4) is 0 Å². The molecule has 3 aromatic rings. The van der Waals surface area contributed by atoms with Gasteiger partial charge in [-0.3, -0.25) is 71.9 Å². The van der Waals surface area contributed by atoms with E-state index in [9.17, 15) is 67.1 Å². The van der Waals surface area contributed by atoms with Crippen LogP contribution >= 0.6 is 0 Å². The van der Waals surface area contributed by atoms with Crippen molar-refractivity contribution in [3.05, 3.63) is 71.9 Å². The van der Waals surface area contributed by atoms with Crippen LogP contribution in [0.1, 0.15) is 223 Å². The molecule has 3 rings (SSSR count). The highest BCUT2D eigenvalue weighted by Gasteiger charge is 2.39. The molecule has 1 aromatic heterocycles. The molecule has 0 bridgehead atoms. The minimum Gasteiger partial charge on any atom is -0.368 e. The number of nitrogens with zero attached hydrogens (tertiary/aromatic N) is 1. The number of fused-ring (bicyclic) bond motifs is 1. The maximum absolute atomic E-state index is 15.1. The van der Waals surface area contributed by atoms with Crippen molar-refractivity contribution in [2.75, 3.05) is 60.4 Å². The first-order valence-corrected chi connectivity index (χ1v) is 46.3. The smallest absolute Gasteiger partial charge is 0.243 e. The fourth-order valence-electron chi connectivity index (χ4n) is 14.7. The van der Waals surface area contributed by atoms with Crippen LogP contribution in [0, 0.1) is 35.5 Å². The molecular weight excluding hydrogens is 1650 g/mol. The Morgan fingerprint density at radius 1 is 0.364 bits per heavy atom. The third-order valence-corrected chi connectivity index (χ3v) is 22.4. The van der Waals surface area contributed by atoms with Crippen LogP contribution in [0.2, 0.25) is 0 Å². The van der Waals surface area contributed by atoms with Crippen molar-refractivity contribution in [1.82, 2.24) is 79.4 Å². The monoisotopic (exact) mass is 1810 g/mol. The summed E-state index contributed by atoms with van der Waals surface area (Å²) in [5.74, 6) is -13.1. The Morgan fingerprint density at radius 2 is 0.721 bits per heavy atom. The van der Waals surface area contributed by atoms with Gasteiger partial charge in [0, 0.05) is 29.9 Å². The number of carbonyl (C=O) groups is 15. The Balaban J connectivity index is 1.88. The van der Waals surface area contributed by atoms with Crippen molar-refractivity contribution < 1.29 is 76.4 Å². The van der Waals surface area contributed by atoms with Crippen LogP contribution < -0.4 is 109 Å². The van der Waals surface area contributed by atoms with Crippen LogP contribution in [0.4, 0.5) is 0 Å². The van der Waals surface area contributed by atoms with E-state index >= 15 is 4.79 Å². The molecule has 0 fully saturated rings. The highest BCUT2D eigenvalue weighted by Crippen LogP contribution is 2.22. The fraction of sp³-hybridized carbons (Fsp3) is 0.685. The van der Waals surface area contributed by atoms with E-state index < -0.39 is 197 Å². The number of primary amides is 1. The van der Waals surface area contributed by atoms with E-state index in [1.807, 2.05) is 65.8 Å². The summed E-state index contributed by atoms with van der Waals surface area (Å²) in [4.78, 5) is 217. The van der Waals surface area contributed by atoms with Gasteiger partial charge in [-0.05, 0) is 201 Å². The highest BCUT2D eigenvalue weighted by atomic mass is 16.2. The molecule has 0 saturated carbocycles. The summed E-state index contributed by atoms with van der Waals surface area (Å²) in [5, 5.41) is 39.4. The maximum Gasteiger partial charge on any atom is 0.243 e. The predicted octanol–water partition coefficient (Wildman–Crippen LogP) is 1.09. The zero-order chi connectivity index (χ0) is 96.8. The molecule has 27 N–H and O–H groups in total. The number of carbonyl (C=O) groups excluding carboxylic acids is 15. The third-order valence-electron chi connectivity index (χ3n) is 22.4. The summed E-state index contributed by atoms with van der Waals surface area (Å²) in [5.41, 5.74) is 37.9. The number of hydrogen-bond donors (Lipinski definition) is 21. The summed E-state index contributed by atoms with van der Waals surface area (Å²) in [6.07, 6.45) is 7.83. The Kier molecular flexibility index (Phi) is 51.8. The lowest BCUT2D eigenvalue weighted by Crippen LogP contribution is -2.61. The lowest BCUT2D eigenvalue weighted by Gasteiger charge is -2.29. The van der Waals surface area contributed by atoms with E-state index in [1.54, 1.807) is 78.1 Å². The number of rotatable bonds is 64. The number of benzene rings is 2. The third kappa shape index (κ3) is 42.5. The van der Waals surface area contributed by atoms with Crippen LogP contribution in [0.15, 0.2) is 60.8 Å². The molecule has 0 saturated heterocycles. The Morgan fingerprint density at radius 3 is 1.15 bits per heavy atom. The lowest BCUT2D eigenvalue weighted by atomic mass is 9.97. The van der Waals surface area contributed by atoms with E-state index in [0.29, 0.717) is 82.7 Å². The number of quaternary nitrogens is 1. The average molecular weight is 1810 g/mol. The number of aromatic amines is 1. The first kappa shape index (κ1) is 113. The number of nitrogens with two attached hydrogens (primary N) is 6. The van der Waals surface area contributed by atoms with Gasteiger partial charge in [0.2, 0.25) is 88.6 Å². The first-order valence-electron chi connectivity index (χ1n) is 46.3. The van der Waals surface area contributed by atoms with Gasteiger partial charge in [-0.15, -0.1) is 0 Å². The van der Waals surface area contributed by atoms with Crippen LogP contribution in [-0.4, -0.2) is 243 Å². The molecule has 15 atom stereocenters. The van der Waals surface area contributed by atoms with Gasteiger partial charge in [0.25, 0.3) is 0 Å². The highest BCUT2D eigenvalue weighted by molar-refractivity contribution is 6.01. The van der Waals surface area contributed by atoms with Gasteiger partial charge in [-0.1, -0.05) is 138 Å². The minimum atomic E-state index is -1.39. The van der Waals surface area contributed by atoms with Crippen LogP contribution in [-0.2, 0) is 84.8 Å². The topological polar surface area (TPSA) is 596 Å². The van der Waals surface area contributed by atoms with Crippen molar-refractivity contribution in [2.45, 2.75) is 309 Å². The molecular formula is C92H159N22O15+. The number of nitrogens with one attached hydrogen (secondary N) is 15. The molecule has 2 aromatic carbocycles. The van der Waals surface area contributed by atoms with Crippen molar-refractivity contribution in [2.24, 2.45) is 69.9 Å². The molecule has 1 heterocycles. The Labute approximate surface area is 763 Å². The van der Waals surface area contributed by atoms with E-state index in [1.165, 1.54) is 6.92 Å². The van der Waals surface area contributed by atoms with E-state index in [0.717, 1.165) is 33.9 Å². The van der Waals surface area contributed by atoms with Gasteiger partial charge in [0.1, 0.15) is 78.5 Å². The second kappa shape index (κ2) is 59.2. The normalized spacial score (nSPS) is 15.1. The average Bonchev–Trinajstić information content (AvgIpc) is 1.66. The molecule has 0 unspecified atom stereocenters. The van der Waals surface area contributed by atoms with Gasteiger partial charge in [0.15, 0.2) is 0 Å². The second-order valence-corrected chi connectivity index (χ2v) is 37.2. The number of hydrogen-bond acceptors (Lipinski definition) is 20. The molecule has 15 amide bonds. The van der Waals surface area contributed by atoms with Gasteiger partial charge in [-0.2, -0.15) is 0 Å². The van der Waals surface area contributed by atoms with E-state index in [-0.39, 0.29) is 95.2 Å². The van der Waals surface area contributed by atoms with Gasteiger partial charge in [-0.25, -0.2) is 0 Å². The van der Waals surface area contributed by atoms with E-state index in [2.05, 4.69) is 101 Å². The summed E-state index contributed by atoms with van der Waals surface area (Å²) >= 11 is 0. The van der Waals surface area contributed by atoms with Gasteiger partial charge >= 0.3 is 0 Å². The predicted molar refractivity (Wildman–Crippen MR) is 499 cm³/mol. The Bertz CT molecular complexity index is 4020. The van der Waals surface area contributed by atoms with Crippen molar-refractivity contribution in [3.8, 4) is 0 Å². The van der Waals surface area contributed by atoms with Gasteiger partial charge < -0.3 is 118 Å². The van der Waals surface area contributed by atoms with Crippen molar-refractivity contribution in [3.63, 3.8) is 0 Å². The largest absolute Gasteiger partial charge is 0.368 e. The zero-order valence-corrected chi connectivity index (χ0v) is 79.4. The molecule has 37 nitrogen and oxygen atoms in total. The maximum atomic E-state index is 15.1. The number of unbranched alkanes of at least 4 members (excludes halogenated alkanes) is 5. The summed E-state index contributed by atoms with van der Waals surface area (Å²) in [6, 6.07) is -0.877. The zero-order valence-electron chi connectivity index (χ0n) is 79.4. The molecule has 37 heteroatoms. The van der Waals surface area contributed by atoms with Crippen LogP contribution in [0.5, 0.6) is 0 Å². The fourth-order valence-corrected chi connectivity index (χ4v) is 14.7. The molecule has 0 aliphatic rings. The lowest BCUT2D eigenvalue weighted by molar-refractivity contribution is -0.870. The first-order chi connectivity index (χ1) is 60.9. The summed E-state index contributed by atoms with van der Waals surface area (Å²) in [7, 11) is 6.23. The molecule has 0 aliphatic heterocycles. The molecule has 726 valence electrons. The summed E-state index contributed by atoms with van der Waals surface area (Å²) in [6.45, 7) is 23.8. The van der Waals surface area contributed by atoms with Gasteiger partial charge in [0.05, 0.1) is 40.3 Å². The quantitative estimate of drug-likeness (QED) is 0.0278. The molecule has 0 radical (unpaired) electrons. The van der Waals surface area contributed by atoms with Crippen molar-refractivity contribution >= 4 is 99.5 Å².